The highest BCUT2D eigenvalue weighted by Gasteiger charge is 2.41. The first kappa shape index (κ1) is 27.9. The lowest BCUT2D eigenvalue weighted by molar-refractivity contribution is 0.566. The first-order chi connectivity index (χ1) is 24.1. The first-order valence-corrected chi connectivity index (χ1v) is 16.9. The maximum absolute atomic E-state index is 6.47. The quantitative estimate of drug-likeness (QED) is 0.182. The van der Waals surface area contributed by atoms with Crippen molar-refractivity contribution in [3.8, 4) is 45.3 Å². The minimum atomic E-state index is -0.245. The summed E-state index contributed by atoms with van der Waals surface area (Å²) < 4.78 is 6.47. The molecule has 9 aromatic rings. The third kappa shape index (κ3) is 4.01. The van der Waals surface area contributed by atoms with Gasteiger partial charge in [-0.1, -0.05) is 141 Å². The minimum Gasteiger partial charge on any atom is -0.455 e. The highest BCUT2D eigenvalue weighted by Crippen LogP contribution is 2.56. The van der Waals surface area contributed by atoms with Crippen molar-refractivity contribution in [1.82, 2.24) is 15.0 Å². The summed E-state index contributed by atoms with van der Waals surface area (Å²) >= 11 is 0. The van der Waals surface area contributed by atoms with E-state index in [1.54, 1.807) is 0 Å². The fourth-order valence-corrected chi connectivity index (χ4v) is 8.14. The zero-order chi connectivity index (χ0) is 32.7. The predicted molar refractivity (Wildman–Crippen MR) is 201 cm³/mol. The average molecular weight is 630 g/mol. The van der Waals surface area contributed by atoms with Crippen LogP contribution in [0.5, 0.6) is 0 Å². The summed E-state index contributed by atoms with van der Waals surface area (Å²) in [5, 5.41) is 7.21. The standard InChI is InChI=1S/C45H31N3O/c1-3-45(2)36-26-25-28-24-23-27-13-7-8-16-30(27)38(28)39(36)33-19-12-20-34(40(33)45)43-46-42(29-14-5-4-6-15-29)47-44(48-43)35-21-11-18-32-31-17-9-10-22-37(31)49-41(32)35/h4-26H,3H2,1-2H3. The number of para-hydroxylation sites is 2. The van der Waals surface area contributed by atoms with Crippen molar-refractivity contribution < 1.29 is 4.42 Å². The second-order valence-electron chi connectivity index (χ2n) is 13.2. The van der Waals surface area contributed by atoms with Crippen LogP contribution >= 0.6 is 0 Å². The molecule has 4 heteroatoms. The van der Waals surface area contributed by atoms with Crippen molar-refractivity contribution >= 4 is 43.5 Å². The van der Waals surface area contributed by atoms with Crippen LogP contribution in [0.2, 0.25) is 0 Å². The predicted octanol–water partition coefficient (Wildman–Crippen LogP) is 11.8. The van der Waals surface area contributed by atoms with Crippen molar-refractivity contribution in [2.24, 2.45) is 0 Å². The van der Waals surface area contributed by atoms with Gasteiger partial charge in [0.05, 0.1) is 5.56 Å². The van der Waals surface area contributed by atoms with Gasteiger partial charge < -0.3 is 4.42 Å². The number of rotatable bonds is 4. The van der Waals surface area contributed by atoms with Crippen molar-refractivity contribution in [2.75, 3.05) is 0 Å². The van der Waals surface area contributed by atoms with Crippen molar-refractivity contribution in [2.45, 2.75) is 25.7 Å². The SMILES string of the molecule is CCC1(C)c2ccc3ccc4ccccc4c3c2-c2cccc(-c3nc(-c4ccccc4)nc(-c4cccc5c4oc4ccccc45)n3)c21. The number of nitrogens with zero attached hydrogens (tertiary/aromatic N) is 3. The second-order valence-corrected chi connectivity index (χ2v) is 13.2. The molecule has 10 rings (SSSR count). The van der Waals surface area contributed by atoms with Crippen LogP contribution in [0.3, 0.4) is 0 Å². The Kier molecular flexibility index (Phi) is 5.95. The lowest BCUT2D eigenvalue weighted by Gasteiger charge is -2.28. The first-order valence-electron chi connectivity index (χ1n) is 16.9. The topological polar surface area (TPSA) is 51.8 Å². The van der Waals surface area contributed by atoms with E-state index in [2.05, 4.69) is 117 Å². The molecule has 2 heterocycles. The highest BCUT2D eigenvalue weighted by molar-refractivity contribution is 6.17. The van der Waals surface area contributed by atoms with Crippen LogP contribution in [0.15, 0.2) is 144 Å². The molecule has 7 aromatic carbocycles. The molecule has 0 saturated heterocycles. The lowest BCUT2D eigenvalue weighted by atomic mass is 9.75. The molecule has 1 aliphatic carbocycles. The Bertz CT molecular complexity index is 2780. The summed E-state index contributed by atoms with van der Waals surface area (Å²) in [5.74, 6) is 1.89. The number of hydrogen-bond donors (Lipinski definition) is 0. The van der Waals surface area contributed by atoms with Crippen molar-refractivity contribution in [1.29, 1.82) is 0 Å². The normalized spacial score (nSPS) is 15.3. The largest absolute Gasteiger partial charge is 0.455 e. The summed E-state index contributed by atoms with van der Waals surface area (Å²) in [4.78, 5) is 15.6. The Labute approximate surface area is 283 Å². The van der Waals surface area contributed by atoms with Gasteiger partial charge >= 0.3 is 0 Å². The van der Waals surface area contributed by atoms with Crippen molar-refractivity contribution in [3.05, 3.63) is 151 Å². The molecule has 1 aliphatic rings. The number of fused-ring (bicyclic) bond motifs is 10. The maximum atomic E-state index is 6.47. The van der Waals surface area contributed by atoms with E-state index in [4.69, 9.17) is 19.4 Å². The number of benzene rings is 7. The second kappa shape index (κ2) is 10.4. The van der Waals surface area contributed by atoms with E-state index in [9.17, 15) is 0 Å². The van der Waals surface area contributed by atoms with Gasteiger partial charge in [-0.2, -0.15) is 0 Å². The third-order valence-corrected chi connectivity index (χ3v) is 10.7. The van der Waals surface area contributed by atoms with Gasteiger partial charge in [0.2, 0.25) is 0 Å². The molecule has 49 heavy (non-hydrogen) atoms. The van der Waals surface area contributed by atoms with E-state index >= 15 is 0 Å². The van der Waals surface area contributed by atoms with Crippen LogP contribution in [0, 0.1) is 0 Å². The third-order valence-electron chi connectivity index (χ3n) is 10.7. The number of furan rings is 1. The Morgan fingerprint density at radius 1 is 0.531 bits per heavy atom. The summed E-state index contributed by atoms with van der Waals surface area (Å²) in [7, 11) is 0. The Morgan fingerprint density at radius 2 is 1.16 bits per heavy atom. The summed E-state index contributed by atoms with van der Waals surface area (Å²) in [5.41, 5.74) is 9.39. The molecule has 0 bridgehead atoms. The van der Waals surface area contributed by atoms with Gasteiger partial charge in [-0.25, -0.2) is 15.0 Å². The molecule has 0 aliphatic heterocycles. The Morgan fingerprint density at radius 3 is 2.02 bits per heavy atom. The smallest absolute Gasteiger partial charge is 0.167 e. The number of hydrogen-bond acceptors (Lipinski definition) is 4. The van der Waals surface area contributed by atoms with Gasteiger partial charge in [-0.05, 0) is 62.4 Å². The van der Waals surface area contributed by atoms with Crippen LogP contribution in [0.4, 0.5) is 0 Å². The van der Waals surface area contributed by atoms with Gasteiger partial charge in [0.25, 0.3) is 0 Å². The van der Waals surface area contributed by atoms with Gasteiger partial charge in [0.1, 0.15) is 11.2 Å². The Balaban J connectivity index is 1.27. The average Bonchev–Trinajstić information content (AvgIpc) is 3.68. The monoisotopic (exact) mass is 629 g/mol. The Hall–Kier alpha value is -6.13. The van der Waals surface area contributed by atoms with Gasteiger partial charge in [0, 0.05) is 27.3 Å². The molecule has 2 aromatic heterocycles. The van der Waals surface area contributed by atoms with E-state index in [-0.39, 0.29) is 5.41 Å². The van der Waals surface area contributed by atoms with E-state index in [0.717, 1.165) is 45.0 Å². The molecule has 0 radical (unpaired) electrons. The zero-order valence-corrected chi connectivity index (χ0v) is 27.2. The molecule has 1 atom stereocenters. The van der Waals surface area contributed by atoms with Gasteiger partial charge in [0.15, 0.2) is 17.5 Å². The lowest BCUT2D eigenvalue weighted by Crippen LogP contribution is -2.20. The summed E-state index contributed by atoms with van der Waals surface area (Å²) in [6, 6.07) is 49.1. The summed E-state index contributed by atoms with van der Waals surface area (Å²) in [6.45, 7) is 4.67. The molecule has 0 saturated carbocycles. The molecule has 0 amide bonds. The van der Waals surface area contributed by atoms with Gasteiger partial charge in [-0.15, -0.1) is 0 Å². The zero-order valence-electron chi connectivity index (χ0n) is 27.2. The van der Waals surface area contributed by atoms with Crippen LogP contribution in [-0.2, 0) is 5.41 Å². The molecular formula is C45H31N3O. The van der Waals surface area contributed by atoms with Gasteiger partial charge in [-0.3, -0.25) is 0 Å². The van der Waals surface area contributed by atoms with Crippen LogP contribution in [0.1, 0.15) is 31.4 Å². The van der Waals surface area contributed by atoms with Crippen LogP contribution in [0.25, 0.3) is 88.8 Å². The van der Waals surface area contributed by atoms with E-state index in [1.165, 1.54) is 43.8 Å². The van der Waals surface area contributed by atoms with Crippen LogP contribution in [-0.4, -0.2) is 15.0 Å². The molecule has 0 fully saturated rings. The fraction of sp³-hybridized carbons (Fsp3) is 0.0889. The molecule has 1 unspecified atom stereocenters. The molecule has 0 spiro atoms. The van der Waals surface area contributed by atoms with E-state index in [1.807, 2.05) is 36.4 Å². The van der Waals surface area contributed by atoms with Crippen molar-refractivity contribution in [3.63, 3.8) is 0 Å². The molecule has 232 valence electrons. The highest BCUT2D eigenvalue weighted by atomic mass is 16.3. The molecular weight excluding hydrogens is 599 g/mol. The van der Waals surface area contributed by atoms with E-state index in [0.29, 0.717) is 17.5 Å². The molecule has 0 N–H and O–H groups in total. The molecule has 4 nitrogen and oxygen atoms in total. The van der Waals surface area contributed by atoms with E-state index < -0.39 is 0 Å². The number of aromatic nitrogens is 3. The fourth-order valence-electron chi connectivity index (χ4n) is 8.14. The minimum absolute atomic E-state index is 0.245. The maximum Gasteiger partial charge on any atom is 0.167 e. The van der Waals surface area contributed by atoms with Crippen LogP contribution < -0.4 is 0 Å². The summed E-state index contributed by atoms with van der Waals surface area (Å²) in [6.07, 6.45) is 0.933.